The van der Waals surface area contributed by atoms with E-state index in [0.29, 0.717) is 5.69 Å². The van der Waals surface area contributed by atoms with Crippen LogP contribution in [-0.4, -0.2) is 43.8 Å². The number of benzene rings is 3. The lowest BCUT2D eigenvalue weighted by Gasteiger charge is -2.32. The molecule has 0 radical (unpaired) electrons. The third-order valence-corrected chi connectivity index (χ3v) is 8.32. The van der Waals surface area contributed by atoms with Gasteiger partial charge in [0.05, 0.1) is 10.6 Å². The van der Waals surface area contributed by atoms with Crippen molar-refractivity contribution in [1.82, 2.24) is 10.2 Å². The SMILES string of the molecule is CC[C@@H](C)NC(=O)[C@H](C)N(Cc1cccc(C)c1)C(=O)CN(c1ccccc1)S(=O)(=O)c1ccc(C)cc1. The van der Waals surface area contributed by atoms with E-state index in [2.05, 4.69) is 5.32 Å². The van der Waals surface area contributed by atoms with E-state index >= 15 is 0 Å². The van der Waals surface area contributed by atoms with E-state index < -0.39 is 28.5 Å². The van der Waals surface area contributed by atoms with Gasteiger partial charge in [0, 0.05) is 12.6 Å². The predicted molar refractivity (Wildman–Crippen MR) is 151 cm³/mol. The first-order valence-electron chi connectivity index (χ1n) is 12.8. The van der Waals surface area contributed by atoms with E-state index in [1.807, 2.05) is 52.0 Å². The van der Waals surface area contributed by atoms with Crippen molar-refractivity contribution in [3.05, 3.63) is 95.6 Å². The van der Waals surface area contributed by atoms with Gasteiger partial charge in [0.25, 0.3) is 10.0 Å². The van der Waals surface area contributed by atoms with Crippen LogP contribution < -0.4 is 9.62 Å². The molecule has 0 bridgehead atoms. The zero-order valence-electron chi connectivity index (χ0n) is 22.7. The number of carbonyl (C=O) groups excluding carboxylic acids is 2. The van der Waals surface area contributed by atoms with Crippen LogP contribution in [0, 0.1) is 13.8 Å². The summed E-state index contributed by atoms with van der Waals surface area (Å²) in [6, 6.07) is 21.9. The Kier molecular flexibility index (Phi) is 9.69. The molecule has 0 saturated heterocycles. The van der Waals surface area contributed by atoms with Gasteiger partial charge < -0.3 is 10.2 Å². The smallest absolute Gasteiger partial charge is 0.264 e. The summed E-state index contributed by atoms with van der Waals surface area (Å²) < 4.78 is 28.7. The number of hydrogen-bond acceptors (Lipinski definition) is 4. The highest BCUT2D eigenvalue weighted by Gasteiger charge is 2.32. The first-order valence-corrected chi connectivity index (χ1v) is 14.3. The minimum Gasteiger partial charge on any atom is -0.352 e. The average Bonchev–Trinajstić information content (AvgIpc) is 2.90. The summed E-state index contributed by atoms with van der Waals surface area (Å²) in [6.07, 6.45) is 0.751. The van der Waals surface area contributed by atoms with Gasteiger partial charge in [-0.3, -0.25) is 13.9 Å². The fourth-order valence-electron chi connectivity index (χ4n) is 4.02. The van der Waals surface area contributed by atoms with Crippen LogP contribution in [0.25, 0.3) is 0 Å². The fourth-order valence-corrected chi connectivity index (χ4v) is 5.43. The molecule has 0 heterocycles. The standard InChI is InChI=1S/C30H37N3O4S/c1-6-24(4)31-30(35)25(5)32(20-26-12-10-11-23(3)19-26)29(34)21-33(27-13-8-7-9-14-27)38(36,37)28-17-15-22(2)16-18-28/h7-19,24-25H,6,20-21H2,1-5H3,(H,31,35)/t24-,25+/m1/s1. The second kappa shape index (κ2) is 12.7. The molecule has 38 heavy (non-hydrogen) atoms. The van der Waals surface area contributed by atoms with E-state index in [1.54, 1.807) is 49.4 Å². The number of carbonyl (C=O) groups is 2. The van der Waals surface area contributed by atoms with Crippen molar-refractivity contribution < 1.29 is 18.0 Å². The van der Waals surface area contributed by atoms with Crippen molar-refractivity contribution in [3.63, 3.8) is 0 Å². The molecule has 0 fully saturated rings. The molecule has 1 N–H and O–H groups in total. The molecule has 2 amide bonds. The molecule has 3 rings (SSSR count). The molecule has 0 aliphatic heterocycles. The summed E-state index contributed by atoms with van der Waals surface area (Å²) in [5, 5.41) is 2.94. The molecule has 0 aromatic heterocycles. The van der Waals surface area contributed by atoms with Crippen LogP contribution in [0.4, 0.5) is 5.69 Å². The summed E-state index contributed by atoms with van der Waals surface area (Å²) in [6.45, 7) is 9.11. The molecule has 0 aliphatic rings. The molecule has 2 atom stereocenters. The topological polar surface area (TPSA) is 86.8 Å². The highest BCUT2D eigenvalue weighted by molar-refractivity contribution is 7.92. The second-order valence-electron chi connectivity index (χ2n) is 9.66. The Balaban J connectivity index is 2.00. The third kappa shape index (κ3) is 7.22. The molecule has 8 heteroatoms. The highest BCUT2D eigenvalue weighted by atomic mass is 32.2. The molecule has 0 unspecified atom stereocenters. The van der Waals surface area contributed by atoms with Crippen LogP contribution >= 0.6 is 0 Å². The number of amides is 2. The lowest BCUT2D eigenvalue weighted by molar-refractivity contribution is -0.139. The van der Waals surface area contributed by atoms with E-state index in [4.69, 9.17) is 0 Å². The van der Waals surface area contributed by atoms with Gasteiger partial charge in [-0.2, -0.15) is 0 Å². The van der Waals surface area contributed by atoms with E-state index in [0.717, 1.165) is 27.4 Å². The van der Waals surface area contributed by atoms with Gasteiger partial charge >= 0.3 is 0 Å². The lowest BCUT2D eigenvalue weighted by atomic mass is 10.1. The van der Waals surface area contributed by atoms with Gasteiger partial charge in [-0.25, -0.2) is 8.42 Å². The van der Waals surface area contributed by atoms with Crippen LogP contribution in [0.3, 0.4) is 0 Å². The maximum absolute atomic E-state index is 13.9. The molecular formula is C30H37N3O4S. The third-order valence-electron chi connectivity index (χ3n) is 6.54. The second-order valence-corrected chi connectivity index (χ2v) is 11.5. The number of aryl methyl sites for hydroxylation is 2. The van der Waals surface area contributed by atoms with E-state index in [-0.39, 0.29) is 23.4 Å². The van der Waals surface area contributed by atoms with Gasteiger partial charge in [0.2, 0.25) is 11.8 Å². The van der Waals surface area contributed by atoms with E-state index in [9.17, 15) is 18.0 Å². The molecule has 0 saturated carbocycles. The summed E-state index contributed by atoms with van der Waals surface area (Å²) in [4.78, 5) is 28.5. The Hall–Kier alpha value is -3.65. The largest absolute Gasteiger partial charge is 0.352 e. The number of hydrogen-bond donors (Lipinski definition) is 1. The van der Waals surface area contributed by atoms with Crippen molar-refractivity contribution in [1.29, 1.82) is 0 Å². The van der Waals surface area contributed by atoms with Crippen LogP contribution in [0.2, 0.25) is 0 Å². The zero-order chi connectivity index (χ0) is 27.9. The number of rotatable bonds is 11. The first kappa shape index (κ1) is 28.9. The summed E-state index contributed by atoms with van der Waals surface area (Å²) in [5.74, 6) is -0.758. The van der Waals surface area contributed by atoms with Gasteiger partial charge in [0.1, 0.15) is 12.6 Å². The number of nitrogens with zero attached hydrogens (tertiary/aromatic N) is 2. The number of para-hydroxylation sites is 1. The first-order chi connectivity index (χ1) is 18.0. The maximum atomic E-state index is 13.9. The van der Waals surface area contributed by atoms with Gasteiger partial charge in [-0.15, -0.1) is 0 Å². The number of sulfonamides is 1. The summed E-state index contributed by atoms with van der Waals surface area (Å²) in [7, 11) is -4.06. The van der Waals surface area contributed by atoms with Crippen molar-refractivity contribution in [3.8, 4) is 0 Å². The highest BCUT2D eigenvalue weighted by Crippen LogP contribution is 2.24. The molecule has 7 nitrogen and oxygen atoms in total. The molecule has 3 aromatic rings. The molecule has 3 aromatic carbocycles. The van der Waals surface area contributed by atoms with Gasteiger partial charge in [-0.1, -0.05) is 72.6 Å². The Morgan fingerprint density at radius 1 is 0.868 bits per heavy atom. The molecule has 0 aliphatic carbocycles. The maximum Gasteiger partial charge on any atom is 0.264 e. The van der Waals surface area contributed by atoms with Crippen molar-refractivity contribution in [2.24, 2.45) is 0 Å². The van der Waals surface area contributed by atoms with Crippen LogP contribution in [0.15, 0.2) is 83.8 Å². The number of anilines is 1. The lowest BCUT2D eigenvalue weighted by Crippen LogP contribution is -2.52. The molecule has 0 spiro atoms. The van der Waals surface area contributed by atoms with Crippen LogP contribution in [-0.2, 0) is 26.2 Å². The van der Waals surface area contributed by atoms with Gasteiger partial charge in [0.15, 0.2) is 0 Å². The van der Waals surface area contributed by atoms with Gasteiger partial charge in [-0.05, 0) is 63.9 Å². The average molecular weight is 536 g/mol. The van der Waals surface area contributed by atoms with E-state index in [1.165, 1.54) is 17.0 Å². The normalized spacial score (nSPS) is 12.9. The monoisotopic (exact) mass is 535 g/mol. The minimum atomic E-state index is -4.06. The molecule has 202 valence electrons. The zero-order valence-corrected chi connectivity index (χ0v) is 23.5. The Labute approximate surface area is 226 Å². The Morgan fingerprint density at radius 3 is 2.13 bits per heavy atom. The minimum absolute atomic E-state index is 0.0522. The summed E-state index contributed by atoms with van der Waals surface area (Å²) >= 11 is 0. The number of nitrogens with one attached hydrogen (secondary N) is 1. The summed E-state index contributed by atoms with van der Waals surface area (Å²) in [5.41, 5.74) is 3.18. The predicted octanol–water partition coefficient (Wildman–Crippen LogP) is 4.83. The van der Waals surface area contributed by atoms with Crippen LogP contribution in [0.1, 0.15) is 43.9 Å². The van der Waals surface area contributed by atoms with Crippen molar-refractivity contribution >= 4 is 27.5 Å². The molecular weight excluding hydrogens is 498 g/mol. The quantitative estimate of drug-likeness (QED) is 0.381. The Morgan fingerprint density at radius 2 is 1.53 bits per heavy atom. The Bertz CT molecular complexity index is 1340. The van der Waals surface area contributed by atoms with Crippen molar-refractivity contribution in [2.45, 2.75) is 64.6 Å². The van der Waals surface area contributed by atoms with Crippen LogP contribution in [0.5, 0.6) is 0 Å². The van der Waals surface area contributed by atoms with Crippen molar-refractivity contribution in [2.75, 3.05) is 10.8 Å². The fraction of sp³-hybridized carbons (Fsp3) is 0.333.